The second-order valence-electron chi connectivity index (χ2n) is 7.96. The van der Waals surface area contributed by atoms with Crippen molar-refractivity contribution in [3.63, 3.8) is 0 Å². The Labute approximate surface area is 178 Å². The molecular formula is C24H24FN3O3. The Kier molecular flexibility index (Phi) is 5.84. The molecule has 2 aromatic carbocycles. The molecule has 0 spiro atoms. The van der Waals surface area contributed by atoms with E-state index in [9.17, 15) is 18.8 Å². The van der Waals surface area contributed by atoms with Gasteiger partial charge in [-0.25, -0.2) is 4.39 Å². The van der Waals surface area contributed by atoms with Gasteiger partial charge >= 0.3 is 0 Å². The summed E-state index contributed by atoms with van der Waals surface area (Å²) in [6, 6.07) is 13.3. The molecule has 0 radical (unpaired) electrons. The van der Waals surface area contributed by atoms with E-state index in [-0.39, 0.29) is 11.0 Å². The minimum Gasteiger partial charge on any atom is -0.366 e. The highest BCUT2D eigenvalue weighted by Gasteiger charge is 2.27. The summed E-state index contributed by atoms with van der Waals surface area (Å²) in [5, 5.41) is 3.14. The van der Waals surface area contributed by atoms with Crippen molar-refractivity contribution in [3.05, 3.63) is 81.6 Å². The summed E-state index contributed by atoms with van der Waals surface area (Å²) >= 11 is 0. The number of fused-ring (bicyclic) bond motifs is 1. The molecule has 2 unspecified atom stereocenters. The topological polar surface area (TPSA) is 94.2 Å². The molecule has 0 saturated heterocycles. The van der Waals surface area contributed by atoms with E-state index in [1.54, 1.807) is 36.4 Å². The number of amides is 2. The molecule has 160 valence electrons. The molecule has 7 heteroatoms. The SMILES string of the molecule is NC(=O)c1ccc(Cn2cc(C(=O)NC3CCCCC3F)c(=O)c3ccccc32)cc1. The molecule has 1 aromatic heterocycles. The molecule has 0 bridgehead atoms. The molecule has 2 atom stereocenters. The second-order valence-corrected chi connectivity index (χ2v) is 7.96. The van der Waals surface area contributed by atoms with Crippen LogP contribution in [-0.2, 0) is 6.54 Å². The lowest BCUT2D eigenvalue weighted by molar-refractivity contribution is 0.0882. The molecule has 1 saturated carbocycles. The number of primary amides is 1. The van der Waals surface area contributed by atoms with Gasteiger partial charge in [0.05, 0.1) is 11.6 Å². The first kappa shape index (κ1) is 20.8. The lowest BCUT2D eigenvalue weighted by Crippen LogP contribution is -2.44. The maximum atomic E-state index is 14.2. The Morgan fingerprint density at radius 1 is 1.06 bits per heavy atom. The van der Waals surface area contributed by atoms with Crippen LogP contribution in [-0.4, -0.2) is 28.6 Å². The maximum absolute atomic E-state index is 14.2. The number of hydrogen-bond donors (Lipinski definition) is 2. The van der Waals surface area contributed by atoms with E-state index in [0.717, 1.165) is 18.4 Å². The molecule has 3 N–H and O–H groups in total. The van der Waals surface area contributed by atoms with Crippen LogP contribution in [0.2, 0.25) is 0 Å². The van der Waals surface area contributed by atoms with Gasteiger partial charge in [-0.1, -0.05) is 37.1 Å². The van der Waals surface area contributed by atoms with E-state index in [0.29, 0.717) is 35.9 Å². The normalized spacial score (nSPS) is 18.6. The zero-order chi connectivity index (χ0) is 22.0. The lowest BCUT2D eigenvalue weighted by atomic mass is 9.93. The van der Waals surface area contributed by atoms with Crippen molar-refractivity contribution in [2.24, 2.45) is 5.73 Å². The van der Waals surface area contributed by atoms with Crippen molar-refractivity contribution >= 4 is 22.7 Å². The molecule has 1 fully saturated rings. The molecule has 3 aromatic rings. The number of halogens is 1. The van der Waals surface area contributed by atoms with Crippen LogP contribution in [0.3, 0.4) is 0 Å². The minimum absolute atomic E-state index is 0.00905. The van der Waals surface area contributed by atoms with Gasteiger partial charge in [0.15, 0.2) is 0 Å². The van der Waals surface area contributed by atoms with Crippen molar-refractivity contribution in [1.29, 1.82) is 0 Å². The summed E-state index contributed by atoms with van der Waals surface area (Å²) in [5.41, 5.74) is 6.88. The summed E-state index contributed by atoms with van der Waals surface area (Å²) in [5.74, 6) is -1.06. The summed E-state index contributed by atoms with van der Waals surface area (Å²) in [7, 11) is 0. The van der Waals surface area contributed by atoms with E-state index in [4.69, 9.17) is 5.73 Å². The highest BCUT2D eigenvalue weighted by molar-refractivity contribution is 5.97. The number of nitrogens with one attached hydrogen (secondary N) is 1. The first-order chi connectivity index (χ1) is 14.9. The molecule has 4 rings (SSSR count). The van der Waals surface area contributed by atoms with Crippen LogP contribution in [0.5, 0.6) is 0 Å². The van der Waals surface area contributed by atoms with Gasteiger partial charge in [0.1, 0.15) is 11.7 Å². The second kappa shape index (κ2) is 8.71. The Morgan fingerprint density at radius 2 is 1.77 bits per heavy atom. The number of alkyl halides is 1. The van der Waals surface area contributed by atoms with Crippen LogP contribution in [0, 0.1) is 0 Å². The van der Waals surface area contributed by atoms with Gasteiger partial charge < -0.3 is 15.6 Å². The summed E-state index contributed by atoms with van der Waals surface area (Å²) < 4.78 is 16.0. The van der Waals surface area contributed by atoms with Gasteiger partial charge in [-0.05, 0) is 42.7 Å². The van der Waals surface area contributed by atoms with Crippen LogP contribution in [0.15, 0.2) is 59.5 Å². The molecule has 1 aliphatic carbocycles. The molecular weight excluding hydrogens is 397 g/mol. The van der Waals surface area contributed by atoms with Gasteiger partial charge in [0, 0.05) is 23.7 Å². The minimum atomic E-state index is -1.09. The summed E-state index contributed by atoms with van der Waals surface area (Å²) in [4.78, 5) is 37.2. The Bertz CT molecular complexity index is 1190. The average molecular weight is 421 g/mol. The molecule has 0 aliphatic heterocycles. The fourth-order valence-electron chi connectivity index (χ4n) is 4.10. The third-order valence-corrected chi connectivity index (χ3v) is 5.82. The quantitative estimate of drug-likeness (QED) is 0.663. The molecule has 1 aliphatic rings. The summed E-state index contributed by atoms with van der Waals surface area (Å²) in [6.07, 6.45) is 3.09. The Hall–Kier alpha value is -3.48. The number of hydrogen-bond acceptors (Lipinski definition) is 3. The number of carbonyl (C=O) groups excluding carboxylic acids is 2. The zero-order valence-corrected chi connectivity index (χ0v) is 17.0. The monoisotopic (exact) mass is 421 g/mol. The average Bonchev–Trinajstić information content (AvgIpc) is 2.77. The first-order valence-corrected chi connectivity index (χ1v) is 10.4. The van der Waals surface area contributed by atoms with Crippen molar-refractivity contribution in [2.45, 2.75) is 44.4 Å². The van der Waals surface area contributed by atoms with Gasteiger partial charge in [-0.3, -0.25) is 14.4 Å². The number of aromatic nitrogens is 1. The number of nitrogens with two attached hydrogens (primary N) is 1. The molecule has 1 heterocycles. The van der Waals surface area contributed by atoms with Crippen LogP contribution in [0.1, 0.15) is 52.0 Å². The fourth-order valence-corrected chi connectivity index (χ4v) is 4.10. The van der Waals surface area contributed by atoms with Crippen molar-refractivity contribution in [3.8, 4) is 0 Å². The van der Waals surface area contributed by atoms with E-state index >= 15 is 0 Å². The van der Waals surface area contributed by atoms with Gasteiger partial charge in [0.2, 0.25) is 11.3 Å². The van der Waals surface area contributed by atoms with Gasteiger partial charge in [-0.15, -0.1) is 0 Å². The molecule has 2 amide bonds. The Morgan fingerprint density at radius 3 is 2.48 bits per heavy atom. The highest BCUT2D eigenvalue weighted by Crippen LogP contribution is 2.22. The zero-order valence-electron chi connectivity index (χ0n) is 17.0. The number of benzene rings is 2. The number of rotatable bonds is 5. The number of nitrogens with zero attached hydrogens (tertiary/aromatic N) is 1. The third kappa shape index (κ3) is 4.35. The van der Waals surface area contributed by atoms with E-state index in [1.165, 1.54) is 6.20 Å². The molecule has 6 nitrogen and oxygen atoms in total. The predicted molar refractivity (Wildman–Crippen MR) is 117 cm³/mol. The van der Waals surface area contributed by atoms with Crippen LogP contribution in [0.4, 0.5) is 4.39 Å². The number of carbonyl (C=O) groups is 2. The summed E-state index contributed by atoms with van der Waals surface area (Å²) in [6.45, 7) is 0.384. The van der Waals surface area contributed by atoms with Crippen LogP contribution < -0.4 is 16.5 Å². The van der Waals surface area contributed by atoms with Crippen LogP contribution in [0.25, 0.3) is 10.9 Å². The van der Waals surface area contributed by atoms with Gasteiger partial charge in [-0.2, -0.15) is 0 Å². The largest absolute Gasteiger partial charge is 0.366 e. The van der Waals surface area contributed by atoms with Crippen LogP contribution >= 0.6 is 0 Å². The standard InChI is InChI=1S/C24H24FN3O3/c25-19-6-2-3-7-20(19)27-24(31)18-14-28(21-8-4-1-5-17(21)22(18)29)13-15-9-11-16(12-10-15)23(26)30/h1,4-5,8-12,14,19-20H,2-3,6-7,13H2,(H2,26,30)(H,27,31). The maximum Gasteiger partial charge on any atom is 0.257 e. The Balaban J connectivity index is 1.70. The van der Waals surface area contributed by atoms with E-state index < -0.39 is 24.0 Å². The first-order valence-electron chi connectivity index (χ1n) is 10.4. The lowest BCUT2D eigenvalue weighted by Gasteiger charge is -2.26. The van der Waals surface area contributed by atoms with E-state index in [1.807, 2.05) is 16.7 Å². The molecule has 31 heavy (non-hydrogen) atoms. The highest BCUT2D eigenvalue weighted by atomic mass is 19.1. The van der Waals surface area contributed by atoms with Gasteiger partial charge in [0.25, 0.3) is 5.91 Å². The van der Waals surface area contributed by atoms with Crippen molar-refractivity contribution < 1.29 is 14.0 Å². The third-order valence-electron chi connectivity index (χ3n) is 5.82. The van der Waals surface area contributed by atoms with Crippen molar-refractivity contribution in [2.75, 3.05) is 0 Å². The number of pyridine rings is 1. The van der Waals surface area contributed by atoms with Crippen molar-refractivity contribution in [1.82, 2.24) is 9.88 Å². The van der Waals surface area contributed by atoms with E-state index in [2.05, 4.69) is 5.32 Å². The predicted octanol–water partition coefficient (Wildman–Crippen LogP) is 3.16. The number of para-hydroxylation sites is 1. The fraction of sp³-hybridized carbons (Fsp3) is 0.292. The smallest absolute Gasteiger partial charge is 0.257 e.